The van der Waals surface area contributed by atoms with Crippen molar-refractivity contribution in [2.24, 2.45) is 0 Å². The molecule has 0 unspecified atom stereocenters. The first-order valence-electron chi connectivity index (χ1n) is 7.05. The Kier molecular flexibility index (Phi) is 5.81. The molecule has 0 radical (unpaired) electrons. The predicted octanol–water partition coefficient (Wildman–Crippen LogP) is 2.00. The molecular formula is C16H15BrN2O6. The third kappa shape index (κ3) is 4.18. The first-order valence-corrected chi connectivity index (χ1v) is 7.84. The van der Waals surface area contributed by atoms with Crippen molar-refractivity contribution in [3.8, 4) is 11.5 Å². The lowest BCUT2D eigenvalue weighted by molar-refractivity contribution is -0.139. The van der Waals surface area contributed by atoms with Crippen LogP contribution in [0.5, 0.6) is 11.5 Å². The summed E-state index contributed by atoms with van der Waals surface area (Å²) in [6.07, 6.45) is 2.94. The van der Waals surface area contributed by atoms with Gasteiger partial charge in [-0.15, -0.1) is 6.58 Å². The fourth-order valence-electron chi connectivity index (χ4n) is 2.10. The summed E-state index contributed by atoms with van der Waals surface area (Å²) >= 11 is 3.32. The molecule has 1 saturated heterocycles. The van der Waals surface area contributed by atoms with Crippen LogP contribution in [0.15, 0.2) is 35.0 Å². The van der Waals surface area contributed by atoms with Gasteiger partial charge in [0.15, 0.2) is 18.1 Å². The Labute approximate surface area is 151 Å². The minimum Gasteiger partial charge on any atom is -0.493 e. The number of halogens is 1. The van der Waals surface area contributed by atoms with Crippen molar-refractivity contribution < 1.29 is 29.0 Å². The Morgan fingerprint density at radius 1 is 1.40 bits per heavy atom. The van der Waals surface area contributed by atoms with E-state index in [9.17, 15) is 14.4 Å². The van der Waals surface area contributed by atoms with Gasteiger partial charge in [-0.25, -0.2) is 9.59 Å². The van der Waals surface area contributed by atoms with Crippen LogP contribution < -0.4 is 14.8 Å². The zero-order chi connectivity index (χ0) is 18.6. The highest BCUT2D eigenvalue weighted by molar-refractivity contribution is 9.10. The van der Waals surface area contributed by atoms with Crippen molar-refractivity contribution in [1.29, 1.82) is 0 Å². The molecule has 0 atom stereocenters. The third-order valence-electron chi connectivity index (χ3n) is 3.21. The molecule has 0 spiro atoms. The van der Waals surface area contributed by atoms with Crippen molar-refractivity contribution in [3.05, 3.63) is 40.5 Å². The molecule has 0 bridgehead atoms. The third-order valence-corrected chi connectivity index (χ3v) is 3.89. The van der Waals surface area contributed by atoms with Gasteiger partial charge < -0.3 is 19.9 Å². The summed E-state index contributed by atoms with van der Waals surface area (Å²) in [6, 6.07) is 2.56. The molecule has 1 heterocycles. The Bertz CT molecular complexity index is 774. The summed E-state index contributed by atoms with van der Waals surface area (Å²) in [7, 11) is 1.40. The van der Waals surface area contributed by atoms with Gasteiger partial charge in [-0.3, -0.25) is 9.69 Å². The van der Waals surface area contributed by atoms with Gasteiger partial charge in [0.05, 0.1) is 7.11 Å². The molecule has 8 nitrogen and oxygen atoms in total. The molecule has 1 aliphatic rings. The summed E-state index contributed by atoms with van der Waals surface area (Å²) in [6.45, 7) is 3.09. The Hall–Kier alpha value is -2.81. The summed E-state index contributed by atoms with van der Waals surface area (Å²) in [5.74, 6) is -1.07. The number of carbonyl (C=O) groups excluding carboxylic acids is 2. The van der Waals surface area contributed by atoms with E-state index < -0.39 is 24.5 Å². The molecule has 1 aliphatic heterocycles. The number of aliphatic carboxylic acids is 1. The summed E-state index contributed by atoms with van der Waals surface area (Å²) in [4.78, 5) is 35.6. The van der Waals surface area contributed by atoms with Gasteiger partial charge in [0.2, 0.25) is 0 Å². The van der Waals surface area contributed by atoms with Crippen molar-refractivity contribution in [1.82, 2.24) is 10.2 Å². The van der Waals surface area contributed by atoms with Crippen LogP contribution in [0.1, 0.15) is 5.56 Å². The number of nitrogens with one attached hydrogen (secondary N) is 1. The first kappa shape index (κ1) is 18.5. The maximum absolute atomic E-state index is 12.2. The fourth-order valence-corrected chi connectivity index (χ4v) is 2.53. The lowest BCUT2D eigenvalue weighted by atomic mass is 10.1. The van der Waals surface area contributed by atoms with Gasteiger partial charge in [0, 0.05) is 11.0 Å². The van der Waals surface area contributed by atoms with E-state index in [1.807, 2.05) is 0 Å². The number of hydrogen-bond acceptors (Lipinski definition) is 5. The second-order valence-electron chi connectivity index (χ2n) is 4.90. The molecule has 132 valence electrons. The van der Waals surface area contributed by atoms with Crippen molar-refractivity contribution in [2.45, 2.75) is 0 Å². The average Bonchev–Trinajstić information content (AvgIpc) is 2.82. The molecule has 0 aromatic heterocycles. The van der Waals surface area contributed by atoms with E-state index in [0.717, 1.165) is 4.90 Å². The topological polar surface area (TPSA) is 105 Å². The molecule has 3 amide bonds. The average molecular weight is 411 g/mol. The summed E-state index contributed by atoms with van der Waals surface area (Å²) in [5, 5.41) is 11.2. The van der Waals surface area contributed by atoms with Gasteiger partial charge >= 0.3 is 12.0 Å². The zero-order valence-electron chi connectivity index (χ0n) is 13.2. The lowest BCUT2D eigenvalue weighted by Gasteiger charge is -2.11. The van der Waals surface area contributed by atoms with Gasteiger partial charge in [-0.05, 0) is 23.8 Å². The maximum Gasteiger partial charge on any atom is 0.341 e. The quantitative estimate of drug-likeness (QED) is 0.404. The van der Waals surface area contributed by atoms with E-state index in [4.69, 9.17) is 14.6 Å². The SMILES string of the molecule is C=CCN1C(=O)N/C(=C/c2cc(OC)c(OCC(=O)O)cc2Br)C1=O. The molecular weight excluding hydrogens is 396 g/mol. The van der Waals surface area contributed by atoms with Crippen molar-refractivity contribution in [3.63, 3.8) is 0 Å². The second kappa shape index (κ2) is 7.84. The first-order chi connectivity index (χ1) is 11.9. The van der Waals surface area contributed by atoms with Crippen LogP contribution in [0.2, 0.25) is 0 Å². The highest BCUT2D eigenvalue weighted by Gasteiger charge is 2.32. The molecule has 25 heavy (non-hydrogen) atoms. The number of carboxylic acids is 1. The minimum absolute atomic E-state index is 0.105. The molecule has 2 rings (SSSR count). The van der Waals surface area contributed by atoms with Crippen LogP contribution in [0.4, 0.5) is 4.79 Å². The van der Waals surface area contributed by atoms with E-state index in [0.29, 0.717) is 10.0 Å². The number of hydrogen-bond donors (Lipinski definition) is 2. The Balaban J connectivity index is 2.34. The number of carboxylic acid groups (broad SMARTS) is 1. The van der Waals surface area contributed by atoms with Crippen LogP contribution in [-0.2, 0) is 9.59 Å². The highest BCUT2D eigenvalue weighted by Crippen LogP contribution is 2.34. The van der Waals surface area contributed by atoms with E-state index in [1.165, 1.54) is 25.3 Å². The Morgan fingerprint density at radius 3 is 2.72 bits per heavy atom. The monoisotopic (exact) mass is 410 g/mol. The predicted molar refractivity (Wildman–Crippen MR) is 92.2 cm³/mol. The molecule has 1 aromatic rings. The molecule has 1 fully saturated rings. The van der Waals surface area contributed by atoms with Crippen molar-refractivity contribution >= 4 is 39.9 Å². The number of nitrogens with zero attached hydrogens (tertiary/aromatic N) is 1. The highest BCUT2D eigenvalue weighted by atomic mass is 79.9. The van der Waals surface area contributed by atoms with Crippen molar-refractivity contribution in [2.75, 3.05) is 20.3 Å². The lowest BCUT2D eigenvalue weighted by Crippen LogP contribution is -2.30. The normalized spacial score (nSPS) is 15.3. The van der Waals surface area contributed by atoms with Crippen LogP contribution in [-0.4, -0.2) is 48.2 Å². The van der Waals surface area contributed by atoms with Gasteiger partial charge in [0.25, 0.3) is 5.91 Å². The van der Waals surface area contributed by atoms with E-state index in [2.05, 4.69) is 27.8 Å². The number of benzene rings is 1. The molecule has 0 aliphatic carbocycles. The van der Waals surface area contributed by atoms with Crippen LogP contribution in [0.25, 0.3) is 6.08 Å². The van der Waals surface area contributed by atoms with Crippen LogP contribution in [0.3, 0.4) is 0 Å². The molecule has 9 heteroatoms. The second-order valence-corrected chi connectivity index (χ2v) is 5.75. The molecule has 1 aromatic carbocycles. The number of imide groups is 1. The maximum atomic E-state index is 12.2. The molecule has 0 saturated carbocycles. The number of amides is 3. The van der Waals surface area contributed by atoms with E-state index in [1.54, 1.807) is 6.07 Å². The van der Waals surface area contributed by atoms with Crippen LogP contribution in [0, 0.1) is 0 Å². The molecule has 2 N–H and O–H groups in total. The number of methoxy groups -OCH3 is 1. The number of rotatable bonds is 7. The van der Waals surface area contributed by atoms with Gasteiger partial charge in [-0.2, -0.15) is 0 Å². The van der Waals surface area contributed by atoms with Gasteiger partial charge in [-0.1, -0.05) is 22.0 Å². The van der Waals surface area contributed by atoms with Crippen LogP contribution >= 0.6 is 15.9 Å². The van der Waals surface area contributed by atoms with Gasteiger partial charge in [0.1, 0.15) is 5.70 Å². The Morgan fingerprint density at radius 2 is 2.12 bits per heavy atom. The fraction of sp³-hybridized carbons (Fsp3) is 0.188. The van der Waals surface area contributed by atoms with E-state index >= 15 is 0 Å². The minimum atomic E-state index is -1.12. The number of ether oxygens (including phenoxy) is 2. The smallest absolute Gasteiger partial charge is 0.341 e. The largest absolute Gasteiger partial charge is 0.493 e. The summed E-state index contributed by atoms with van der Waals surface area (Å²) < 4.78 is 10.9. The van der Waals surface area contributed by atoms with E-state index in [-0.39, 0.29) is 23.7 Å². The number of carbonyl (C=O) groups is 3. The zero-order valence-corrected chi connectivity index (χ0v) is 14.8. The number of urea groups is 1. The summed E-state index contributed by atoms with van der Waals surface area (Å²) in [5.41, 5.74) is 0.650. The standard InChI is InChI=1S/C16H15BrN2O6/c1-3-4-19-15(22)11(18-16(19)23)5-9-6-12(24-2)13(7-10(9)17)25-8-14(20)21/h3,5-7H,1,4,8H2,2H3,(H,18,23)(H,20,21)/b11-5+.